The van der Waals surface area contributed by atoms with Crippen molar-refractivity contribution in [1.82, 2.24) is 0 Å². The first-order chi connectivity index (χ1) is 8.56. The molecule has 0 aliphatic heterocycles. The van der Waals surface area contributed by atoms with E-state index in [1.807, 2.05) is 12.1 Å². The van der Waals surface area contributed by atoms with Crippen molar-refractivity contribution in [3.05, 3.63) is 28.8 Å². The van der Waals surface area contributed by atoms with Gasteiger partial charge in [-0.05, 0) is 48.8 Å². The maximum absolute atomic E-state index is 6.14. The van der Waals surface area contributed by atoms with Crippen LogP contribution in [0.3, 0.4) is 0 Å². The van der Waals surface area contributed by atoms with Crippen LogP contribution in [0.4, 0.5) is 5.69 Å². The van der Waals surface area contributed by atoms with Gasteiger partial charge in [-0.3, -0.25) is 0 Å². The van der Waals surface area contributed by atoms with E-state index in [-0.39, 0.29) is 0 Å². The lowest BCUT2D eigenvalue weighted by molar-refractivity contribution is -0.00741. The molecule has 1 aliphatic carbocycles. The molecule has 1 saturated carbocycles. The van der Waals surface area contributed by atoms with Crippen molar-refractivity contribution in [3.8, 4) is 0 Å². The highest BCUT2D eigenvalue weighted by molar-refractivity contribution is 6.31. The second-order valence-corrected chi connectivity index (χ2v) is 5.96. The molecule has 2 N–H and O–H groups in total. The minimum absolute atomic E-state index is 0.379. The van der Waals surface area contributed by atoms with Crippen LogP contribution < -0.4 is 5.73 Å². The van der Waals surface area contributed by atoms with E-state index in [9.17, 15) is 0 Å². The summed E-state index contributed by atoms with van der Waals surface area (Å²) in [5.74, 6) is 1.58. The first kappa shape index (κ1) is 13.7. The molecule has 0 radical (unpaired) electrons. The van der Waals surface area contributed by atoms with Crippen molar-refractivity contribution in [2.75, 3.05) is 5.73 Å². The summed E-state index contributed by atoms with van der Waals surface area (Å²) in [5.41, 5.74) is 7.40. The number of anilines is 1. The van der Waals surface area contributed by atoms with Crippen LogP contribution in [-0.2, 0) is 11.3 Å². The van der Waals surface area contributed by atoms with E-state index < -0.39 is 0 Å². The van der Waals surface area contributed by atoms with E-state index >= 15 is 0 Å². The number of ether oxygens (including phenoxy) is 1. The average molecular weight is 268 g/mol. The second-order valence-electron chi connectivity index (χ2n) is 5.55. The summed E-state index contributed by atoms with van der Waals surface area (Å²) in [6.45, 7) is 5.24. The molecule has 3 heteroatoms. The summed E-state index contributed by atoms with van der Waals surface area (Å²) in [6, 6.07) is 5.61. The summed E-state index contributed by atoms with van der Waals surface area (Å²) in [7, 11) is 0. The monoisotopic (exact) mass is 267 g/mol. The van der Waals surface area contributed by atoms with Gasteiger partial charge in [0.05, 0.1) is 12.7 Å². The van der Waals surface area contributed by atoms with Gasteiger partial charge in [-0.2, -0.15) is 0 Å². The van der Waals surface area contributed by atoms with E-state index in [4.69, 9.17) is 22.1 Å². The molecule has 1 aromatic rings. The maximum Gasteiger partial charge on any atom is 0.0735 e. The van der Waals surface area contributed by atoms with E-state index in [0.717, 1.165) is 30.2 Å². The predicted octanol–water partition coefficient (Wildman–Crippen LogP) is 4.26. The van der Waals surface area contributed by atoms with Crippen molar-refractivity contribution in [3.63, 3.8) is 0 Å². The van der Waals surface area contributed by atoms with Crippen molar-refractivity contribution >= 4 is 17.3 Å². The third-order valence-corrected chi connectivity index (χ3v) is 4.45. The Kier molecular flexibility index (Phi) is 4.52. The van der Waals surface area contributed by atoms with Gasteiger partial charge < -0.3 is 10.5 Å². The van der Waals surface area contributed by atoms with Gasteiger partial charge in [0.2, 0.25) is 0 Å². The van der Waals surface area contributed by atoms with Crippen molar-refractivity contribution in [1.29, 1.82) is 0 Å². The number of benzene rings is 1. The molecule has 0 aromatic heterocycles. The first-order valence-electron chi connectivity index (χ1n) is 6.71. The van der Waals surface area contributed by atoms with Gasteiger partial charge in [-0.15, -0.1) is 0 Å². The Bertz CT molecular complexity index is 407. The zero-order valence-electron chi connectivity index (χ0n) is 11.2. The Hall–Kier alpha value is -0.730. The van der Waals surface area contributed by atoms with Gasteiger partial charge in [0.25, 0.3) is 0 Å². The molecule has 2 nitrogen and oxygen atoms in total. The largest absolute Gasteiger partial charge is 0.399 e. The van der Waals surface area contributed by atoms with Gasteiger partial charge >= 0.3 is 0 Å². The predicted molar refractivity (Wildman–Crippen MR) is 76.6 cm³/mol. The first-order valence-corrected chi connectivity index (χ1v) is 7.09. The Morgan fingerprint density at radius 1 is 1.28 bits per heavy atom. The van der Waals surface area contributed by atoms with E-state index in [1.54, 1.807) is 6.07 Å². The fourth-order valence-electron chi connectivity index (χ4n) is 2.54. The van der Waals surface area contributed by atoms with Gasteiger partial charge in [0.1, 0.15) is 0 Å². The summed E-state index contributed by atoms with van der Waals surface area (Å²) in [5, 5.41) is 0.701. The highest BCUT2D eigenvalue weighted by Gasteiger charge is 2.24. The third kappa shape index (κ3) is 3.39. The molecule has 1 aliphatic rings. The molecule has 3 unspecified atom stereocenters. The van der Waals surface area contributed by atoms with E-state index in [2.05, 4.69) is 13.8 Å². The average Bonchev–Trinajstić information content (AvgIpc) is 2.32. The Balaban J connectivity index is 1.88. The fourth-order valence-corrected chi connectivity index (χ4v) is 2.78. The summed E-state index contributed by atoms with van der Waals surface area (Å²) < 4.78 is 5.98. The van der Waals surface area contributed by atoms with Crippen molar-refractivity contribution < 1.29 is 4.74 Å². The maximum atomic E-state index is 6.14. The van der Waals surface area contributed by atoms with Gasteiger partial charge in [0.15, 0.2) is 0 Å². The van der Waals surface area contributed by atoms with Crippen LogP contribution in [0.5, 0.6) is 0 Å². The minimum Gasteiger partial charge on any atom is -0.399 e. The molecule has 0 heterocycles. The molecule has 100 valence electrons. The quantitative estimate of drug-likeness (QED) is 0.831. The second kappa shape index (κ2) is 5.94. The topological polar surface area (TPSA) is 35.2 Å². The summed E-state index contributed by atoms with van der Waals surface area (Å²) in [6.07, 6.45) is 3.97. The number of nitrogen functional groups attached to an aromatic ring is 1. The molecule has 0 spiro atoms. The highest BCUT2D eigenvalue weighted by Crippen LogP contribution is 2.31. The molecule has 0 amide bonds. The third-order valence-electron chi connectivity index (χ3n) is 4.10. The molecule has 3 atom stereocenters. The van der Waals surface area contributed by atoms with Crippen molar-refractivity contribution in [2.24, 2.45) is 11.8 Å². The molecular weight excluding hydrogens is 246 g/mol. The normalized spacial score (nSPS) is 28.3. The van der Waals surface area contributed by atoms with Gasteiger partial charge in [-0.25, -0.2) is 0 Å². The molecule has 1 aromatic carbocycles. The van der Waals surface area contributed by atoms with Crippen LogP contribution >= 0.6 is 11.6 Å². The van der Waals surface area contributed by atoms with E-state index in [1.165, 1.54) is 6.42 Å². The zero-order chi connectivity index (χ0) is 13.1. The smallest absolute Gasteiger partial charge is 0.0735 e. The molecule has 0 saturated heterocycles. The van der Waals surface area contributed by atoms with Crippen LogP contribution in [-0.4, -0.2) is 6.10 Å². The number of rotatable bonds is 3. The number of halogens is 1. The van der Waals surface area contributed by atoms with Crippen LogP contribution in [0.1, 0.15) is 38.7 Å². The Morgan fingerprint density at radius 2 is 2.06 bits per heavy atom. The Morgan fingerprint density at radius 3 is 2.72 bits per heavy atom. The molecular formula is C15H22ClNO. The van der Waals surface area contributed by atoms with Gasteiger partial charge in [0, 0.05) is 10.7 Å². The summed E-state index contributed by atoms with van der Waals surface area (Å²) >= 11 is 6.14. The van der Waals surface area contributed by atoms with Crippen LogP contribution in [0.2, 0.25) is 5.02 Å². The van der Waals surface area contributed by atoms with Crippen LogP contribution in [0.25, 0.3) is 0 Å². The SMILES string of the molecule is CC1CCC(OCc2ccc(N)cc2Cl)CC1C. The summed E-state index contributed by atoms with van der Waals surface area (Å²) in [4.78, 5) is 0. The highest BCUT2D eigenvalue weighted by atomic mass is 35.5. The van der Waals surface area contributed by atoms with Crippen LogP contribution in [0.15, 0.2) is 18.2 Å². The lowest BCUT2D eigenvalue weighted by Crippen LogP contribution is -2.26. The molecule has 18 heavy (non-hydrogen) atoms. The van der Waals surface area contributed by atoms with Crippen LogP contribution in [0, 0.1) is 11.8 Å². The number of hydrogen-bond acceptors (Lipinski definition) is 2. The standard InChI is InChI=1S/C15H22ClNO/c1-10-3-6-14(7-11(10)2)18-9-12-4-5-13(17)8-15(12)16/h4-5,8,10-11,14H,3,6-7,9,17H2,1-2H3. The minimum atomic E-state index is 0.379. The molecule has 1 fully saturated rings. The fraction of sp³-hybridized carbons (Fsp3) is 0.600. The zero-order valence-corrected chi connectivity index (χ0v) is 11.9. The lowest BCUT2D eigenvalue weighted by Gasteiger charge is -2.32. The van der Waals surface area contributed by atoms with Gasteiger partial charge in [-0.1, -0.05) is 31.5 Å². The molecule has 2 rings (SSSR count). The lowest BCUT2D eigenvalue weighted by atomic mass is 9.80. The number of hydrogen-bond donors (Lipinski definition) is 1. The van der Waals surface area contributed by atoms with Crippen molar-refractivity contribution in [2.45, 2.75) is 45.8 Å². The Labute approximate surface area is 114 Å². The number of nitrogens with two attached hydrogens (primary N) is 1. The van der Waals surface area contributed by atoms with E-state index in [0.29, 0.717) is 23.4 Å². The molecule has 0 bridgehead atoms.